The number of amides is 2. The number of carbonyl (C=O) groups is 2. The molecule has 0 radical (unpaired) electrons. The third kappa shape index (κ3) is 8.10. The molecule has 0 bridgehead atoms. The van der Waals surface area contributed by atoms with Crippen LogP contribution in [0.5, 0.6) is 5.75 Å². The van der Waals surface area contributed by atoms with Gasteiger partial charge in [-0.05, 0) is 94.1 Å². The van der Waals surface area contributed by atoms with Gasteiger partial charge < -0.3 is 15.0 Å². The molecule has 2 amide bonds. The molecule has 0 saturated carbocycles. The van der Waals surface area contributed by atoms with Crippen LogP contribution in [0.15, 0.2) is 71.6 Å². The summed E-state index contributed by atoms with van der Waals surface area (Å²) < 4.78 is 34.5. The molecular weight excluding hydrogens is 538 g/mol. The second-order valence-corrected chi connectivity index (χ2v) is 12.5. The van der Waals surface area contributed by atoms with E-state index in [1.807, 2.05) is 59.7 Å². The normalized spacial score (nSPS) is 12.1. The van der Waals surface area contributed by atoms with Gasteiger partial charge in [-0.2, -0.15) is 0 Å². The minimum atomic E-state index is -4.12. The average Bonchev–Trinajstić information content (AvgIpc) is 2.91. The molecule has 0 unspecified atom stereocenters. The van der Waals surface area contributed by atoms with Crippen molar-refractivity contribution in [2.75, 3.05) is 18.0 Å². The third-order valence-electron chi connectivity index (χ3n) is 6.71. The molecule has 0 saturated heterocycles. The van der Waals surface area contributed by atoms with E-state index >= 15 is 0 Å². The Morgan fingerprint density at radius 1 is 0.878 bits per heavy atom. The van der Waals surface area contributed by atoms with Gasteiger partial charge in [-0.25, -0.2) is 8.42 Å². The number of hydrogen-bond acceptors (Lipinski definition) is 5. The fourth-order valence-corrected chi connectivity index (χ4v) is 6.09. The smallest absolute Gasteiger partial charge is 0.264 e. The van der Waals surface area contributed by atoms with E-state index in [2.05, 4.69) is 5.32 Å². The van der Waals surface area contributed by atoms with Crippen LogP contribution in [0.2, 0.25) is 0 Å². The highest BCUT2D eigenvalue weighted by Crippen LogP contribution is 2.27. The number of benzene rings is 3. The zero-order valence-electron chi connectivity index (χ0n) is 25.0. The quantitative estimate of drug-likeness (QED) is 0.320. The van der Waals surface area contributed by atoms with Crippen molar-refractivity contribution in [1.29, 1.82) is 0 Å². The van der Waals surface area contributed by atoms with Gasteiger partial charge in [-0.1, -0.05) is 42.8 Å². The predicted molar refractivity (Wildman–Crippen MR) is 163 cm³/mol. The van der Waals surface area contributed by atoms with Gasteiger partial charge in [0.1, 0.15) is 18.3 Å². The molecule has 3 aromatic rings. The first-order valence-electron chi connectivity index (χ1n) is 13.8. The summed E-state index contributed by atoms with van der Waals surface area (Å²) in [6.07, 6.45) is 0.356. The molecule has 0 spiro atoms. The zero-order chi connectivity index (χ0) is 30.3. The Bertz CT molecular complexity index is 1430. The molecule has 0 heterocycles. The lowest BCUT2D eigenvalue weighted by molar-refractivity contribution is -0.140. The highest BCUT2D eigenvalue weighted by atomic mass is 32.2. The number of hydrogen-bond donors (Lipinski definition) is 1. The number of ether oxygens (including phenoxy) is 1. The Morgan fingerprint density at radius 2 is 1.46 bits per heavy atom. The SMILES string of the molecule is CC[C@H](C(=O)NC(C)C)N(Cc1ccc(OC)cc1)C(=O)CN(c1cc(C)cc(C)c1)S(=O)(=O)c1ccc(C)cc1. The van der Waals surface area contributed by atoms with Gasteiger partial charge >= 0.3 is 0 Å². The van der Waals surface area contributed by atoms with Crippen LogP contribution in [0.1, 0.15) is 49.4 Å². The molecule has 41 heavy (non-hydrogen) atoms. The second kappa shape index (κ2) is 13.7. The number of aryl methyl sites for hydroxylation is 3. The van der Waals surface area contributed by atoms with E-state index in [9.17, 15) is 18.0 Å². The Morgan fingerprint density at radius 3 is 1.98 bits per heavy atom. The van der Waals surface area contributed by atoms with Gasteiger partial charge in [0.15, 0.2) is 0 Å². The van der Waals surface area contributed by atoms with Crippen molar-refractivity contribution in [1.82, 2.24) is 10.2 Å². The molecule has 3 rings (SSSR count). The molecule has 3 aromatic carbocycles. The Labute approximate surface area is 244 Å². The number of nitrogens with one attached hydrogen (secondary N) is 1. The monoisotopic (exact) mass is 579 g/mol. The summed E-state index contributed by atoms with van der Waals surface area (Å²) in [6.45, 7) is 10.9. The lowest BCUT2D eigenvalue weighted by atomic mass is 10.1. The molecule has 1 atom stereocenters. The molecular formula is C32H41N3O5S. The van der Waals surface area contributed by atoms with E-state index in [0.29, 0.717) is 17.9 Å². The summed E-state index contributed by atoms with van der Waals surface area (Å²) in [7, 11) is -2.54. The number of sulfonamides is 1. The van der Waals surface area contributed by atoms with Gasteiger partial charge in [-0.3, -0.25) is 13.9 Å². The maximum Gasteiger partial charge on any atom is 0.264 e. The van der Waals surface area contributed by atoms with Crippen LogP contribution in [-0.2, 0) is 26.2 Å². The summed E-state index contributed by atoms with van der Waals surface area (Å²) in [5.74, 6) is -0.105. The first kappa shape index (κ1) is 31.7. The molecule has 220 valence electrons. The van der Waals surface area contributed by atoms with Crippen molar-refractivity contribution in [3.63, 3.8) is 0 Å². The maximum absolute atomic E-state index is 14.2. The first-order valence-corrected chi connectivity index (χ1v) is 15.2. The van der Waals surface area contributed by atoms with Crippen LogP contribution in [0.4, 0.5) is 5.69 Å². The number of methoxy groups -OCH3 is 1. The molecule has 0 aliphatic rings. The molecule has 8 nitrogen and oxygen atoms in total. The third-order valence-corrected chi connectivity index (χ3v) is 8.50. The van der Waals surface area contributed by atoms with Gasteiger partial charge in [0, 0.05) is 12.6 Å². The largest absolute Gasteiger partial charge is 0.497 e. The number of anilines is 1. The van der Waals surface area contributed by atoms with Gasteiger partial charge in [0.2, 0.25) is 11.8 Å². The second-order valence-electron chi connectivity index (χ2n) is 10.6. The van der Waals surface area contributed by atoms with Crippen LogP contribution < -0.4 is 14.4 Å². The van der Waals surface area contributed by atoms with Crippen LogP contribution >= 0.6 is 0 Å². The van der Waals surface area contributed by atoms with E-state index in [1.54, 1.807) is 55.6 Å². The topological polar surface area (TPSA) is 96.0 Å². The summed E-state index contributed by atoms with van der Waals surface area (Å²) in [6, 6.07) is 18.3. The number of rotatable bonds is 12. The van der Waals surface area contributed by atoms with Crippen LogP contribution in [0.25, 0.3) is 0 Å². The molecule has 0 fully saturated rings. The lowest BCUT2D eigenvalue weighted by Crippen LogP contribution is -2.53. The van der Waals surface area contributed by atoms with Crippen molar-refractivity contribution in [3.8, 4) is 5.75 Å². The van der Waals surface area contributed by atoms with E-state index in [4.69, 9.17) is 4.74 Å². The van der Waals surface area contributed by atoms with Crippen molar-refractivity contribution >= 4 is 27.5 Å². The summed E-state index contributed by atoms with van der Waals surface area (Å²) in [5.41, 5.74) is 3.84. The first-order chi connectivity index (χ1) is 19.3. The van der Waals surface area contributed by atoms with Gasteiger partial charge in [0.25, 0.3) is 10.0 Å². The van der Waals surface area contributed by atoms with Crippen LogP contribution in [0, 0.1) is 20.8 Å². The summed E-state index contributed by atoms with van der Waals surface area (Å²) in [5, 5.41) is 2.91. The molecule has 0 aromatic heterocycles. The molecule has 0 aliphatic carbocycles. The number of carbonyl (C=O) groups excluding carboxylic acids is 2. The zero-order valence-corrected chi connectivity index (χ0v) is 25.8. The minimum absolute atomic E-state index is 0.0846. The predicted octanol–water partition coefficient (Wildman–Crippen LogP) is 5.15. The van der Waals surface area contributed by atoms with E-state index in [1.165, 1.54) is 4.90 Å². The molecule has 9 heteroatoms. The molecule has 1 N–H and O–H groups in total. The van der Waals surface area contributed by atoms with Crippen LogP contribution in [-0.4, -0.2) is 50.9 Å². The highest BCUT2D eigenvalue weighted by molar-refractivity contribution is 7.92. The van der Waals surface area contributed by atoms with E-state index < -0.39 is 28.5 Å². The van der Waals surface area contributed by atoms with Crippen molar-refractivity contribution in [3.05, 3.63) is 89.0 Å². The van der Waals surface area contributed by atoms with Crippen molar-refractivity contribution < 1.29 is 22.7 Å². The maximum atomic E-state index is 14.2. The Hall–Kier alpha value is -3.85. The van der Waals surface area contributed by atoms with Crippen molar-refractivity contribution in [2.45, 2.75) is 71.5 Å². The minimum Gasteiger partial charge on any atom is -0.497 e. The highest BCUT2D eigenvalue weighted by Gasteiger charge is 2.34. The average molecular weight is 580 g/mol. The fourth-order valence-electron chi connectivity index (χ4n) is 4.69. The fraction of sp³-hybridized carbons (Fsp3) is 0.375. The van der Waals surface area contributed by atoms with E-state index in [-0.39, 0.29) is 23.4 Å². The van der Waals surface area contributed by atoms with Gasteiger partial charge in [-0.15, -0.1) is 0 Å². The van der Waals surface area contributed by atoms with Crippen molar-refractivity contribution in [2.24, 2.45) is 0 Å². The standard InChI is InChI=1S/C32H41N3O5S/c1-8-30(32(37)33-22(2)3)34(20-26-11-13-28(40-7)14-12-26)31(36)21-35(27-18-24(5)17-25(6)19-27)41(38,39)29-15-9-23(4)10-16-29/h9-19,22,30H,8,20-21H2,1-7H3,(H,33,37)/t30-/m1/s1. The van der Waals surface area contributed by atoms with Gasteiger partial charge in [0.05, 0.1) is 17.7 Å². The summed E-state index contributed by atoms with van der Waals surface area (Å²) >= 11 is 0. The number of nitrogens with zero attached hydrogens (tertiary/aromatic N) is 2. The molecule has 0 aliphatic heterocycles. The van der Waals surface area contributed by atoms with E-state index in [0.717, 1.165) is 26.6 Å². The lowest BCUT2D eigenvalue weighted by Gasteiger charge is -2.33. The van der Waals surface area contributed by atoms with Crippen LogP contribution in [0.3, 0.4) is 0 Å². The Balaban J connectivity index is 2.09. The Kier molecular flexibility index (Phi) is 10.6. The summed E-state index contributed by atoms with van der Waals surface area (Å²) in [4.78, 5) is 29.0.